The Kier molecular flexibility index (Phi) is 6.05. The summed E-state index contributed by atoms with van der Waals surface area (Å²) in [4.78, 5) is 12.1. The molecule has 0 aliphatic heterocycles. The van der Waals surface area contributed by atoms with Gasteiger partial charge in [0.1, 0.15) is 23.1 Å². The van der Waals surface area contributed by atoms with Gasteiger partial charge in [0.15, 0.2) is 0 Å². The van der Waals surface area contributed by atoms with Crippen molar-refractivity contribution in [1.29, 1.82) is 0 Å². The van der Waals surface area contributed by atoms with Crippen LogP contribution in [0.4, 0.5) is 4.39 Å². The summed E-state index contributed by atoms with van der Waals surface area (Å²) in [5, 5.41) is 2.90. The van der Waals surface area contributed by atoms with E-state index in [0.717, 1.165) is 16.9 Å². The Morgan fingerprint density at radius 2 is 1.56 bits per heavy atom. The average molecular weight is 365 g/mol. The Morgan fingerprint density at radius 3 is 2.22 bits per heavy atom. The van der Waals surface area contributed by atoms with Crippen LogP contribution in [0, 0.1) is 5.82 Å². The number of amides is 1. The van der Waals surface area contributed by atoms with Gasteiger partial charge in [-0.1, -0.05) is 24.3 Å². The molecule has 0 saturated heterocycles. The van der Waals surface area contributed by atoms with E-state index in [0.29, 0.717) is 24.5 Å². The van der Waals surface area contributed by atoms with E-state index in [1.165, 1.54) is 12.1 Å². The second-order valence-corrected chi connectivity index (χ2v) is 6.00. The highest BCUT2D eigenvalue weighted by Crippen LogP contribution is 2.21. The van der Waals surface area contributed by atoms with Gasteiger partial charge in [-0.25, -0.2) is 4.39 Å². The third-order valence-corrected chi connectivity index (χ3v) is 3.96. The van der Waals surface area contributed by atoms with Gasteiger partial charge in [0.05, 0.1) is 13.5 Å². The maximum absolute atomic E-state index is 12.9. The van der Waals surface area contributed by atoms with Gasteiger partial charge in [-0.05, 0) is 59.7 Å². The highest BCUT2D eigenvalue weighted by molar-refractivity contribution is 5.78. The molecular weight excluding hydrogens is 345 g/mol. The Bertz CT molecular complexity index is 892. The first kappa shape index (κ1) is 18.5. The SMILES string of the molecule is COc1cccc(CC(=O)NCc2ccc(Oc3ccc(F)cc3)cc2)c1. The molecule has 0 fully saturated rings. The predicted octanol–water partition coefficient (Wildman–Crippen LogP) is 4.49. The Morgan fingerprint density at radius 1 is 0.889 bits per heavy atom. The zero-order valence-electron chi connectivity index (χ0n) is 14.9. The molecule has 0 aromatic heterocycles. The zero-order valence-corrected chi connectivity index (χ0v) is 14.9. The smallest absolute Gasteiger partial charge is 0.224 e. The lowest BCUT2D eigenvalue weighted by atomic mass is 10.1. The Balaban J connectivity index is 1.50. The monoisotopic (exact) mass is 365 g/mol. The van der Waals surface area contributed by atoms with Crippen molar-refractivity contribution >= 4 is 5.91 Å². The number of nitrogens with one attached hydrogen (secondary N) is 1. The minimum atomic E-state index is -0.303. The summed E-state index contributed by atoms with van der Waals surface area (Å²) in [6.07, 6.45) is 0.295. The zero-order chi connectivity index (χ0) is 19.1. The normalized spacial score (nSPS) is 10.3. The van der Waals surface area contributed by atoms with Crippen LogP contribution >= 0.6 is 0 Å². The number of benzene rings is 3. The van der Waals surface area contributed by atoms with Crippen molar-refractivity contribution in [2.24, 2.45) is 0 Å². The summed E-state index contributed by atoms with van der Waals surface area (Å²) in [7, 11) is 1.60. The van der Waals surface area contributed by atoms with Gasteiger partial charge in [0, 0.05) is 6.54 Å². The first-order valence-corrected chi connectivity index (χ1v) is 8.54. The number of ether oxygens (including phenoxy) is 2. The van der Waals surface area contributed by atoms with Crippen molar-refractivity contribution in [3.05, 3.63) is 89.7 Å². The molecular formula is C22H20FNO3. The highest BCUT2D eigenvalue weighted by atomic mass is 19.1. The topological polar surface area (TPSA) is 47.6 Å². The molecule has 1 amide bonds. The molecule has 5 heteroatoms. The van der Waals surface area contributed by atoms with Gasteiger partial charge in [0.25, 0.3) is 0 Å². The van der Waals surface area contributed by atoms with Crippen LogP contribution in [0.1, 0.15) is 11.1 Å². The van der Waals surface area contributed by atoms with Gasteiger partial charge in [0.2, 0.25) is 5.91 Å². The number of carbonyl (C=O) groups is 1. The van der Waals surface area contributed by atoms with E-state index in [1.54, 1.807) is 19.2 Å². The van der Waals surface area contributed by atoms with Crippen LogP contribution in [0.15, 0.2) is 72.8 Å². The van der Waals surface area contributed by atoms with E-state index in [2.05, 4.69) is 5.32 Å². The minimum absolute atomic E-state index is 0.0603. The molecule has 0 saturated carbocycles. The van der Waals surface area contributed by atoms with Crippen LogP contribution in [0.3, 0.4) is 0 Å². The Hall–Kier alpha value is -3.34. The largest absolute Gasteiger partial charge is 0.497 e. The molecule has 0 bridgehead atoms. The molecule has 0 unspecified atom stereocenters. The third kappa shape index (κ3) is 5.57. The number of rotatable bonds is 7. The maximum Gasteiger partial charge on any atom is 0.224 e. The van der Waals surface area contributed by atoms with Gasteiger partial charge in [-0.15, -0.1) is 0 Å². The quantitative estimate of drug-likeness (QED) is 0.671. The van der Waals surface area contributed by atoms with E-state index >= 15 is 0 Å². The lowest BCUT2D eigenvalue weighted by molar-refractivity contribution is -0.120. The van der Waals surface area contributed by atoms with Crippen molar-refractivity contribution in [3.8, 4) is 17.2 Å². The number of methoxy groups -OCH3 is 1. The van der Waals surface area contributed by atoms with Crippen LogP contribution in [-0.2, 0) is 17.8 Å². The molecule has 3 aromatic rings. The van der Waals surface area contributed by atoms with Crippen LogP contribution in [-0.4, -0.2) is 13.0 Å². The predicted molar refractivity (Wildman–Crippen MR) is 101 cm³/mol. The molecule has 1 N–H and O–H groups in total. The summed E-state index contributed by atoms with van der Waals surface area (Å²) in [6.45, 7) is 0.430. The van der Waals surface area contributed by atoms with Gasteiger partial charge >= 0.3 is 0 Å². The van der Waals surface area contributed by atoms with Crippen molar-refractivity contribution < 1.29 is 18.7 Å². The second-order valence-electron chi connectivity index (χ2n) is 6.00. The fourth-order valence-corrected chi connectivity index (χ4v) is 2.55. The van der Waals surface area contributed by atoms with Crippen LogP contribution in [0.5, 0.6) is 17.2 Å². The van der Waals surface area contributed by atoms with Gasteiger partial charge in [-0.3, -0.25) is 4.79 Å². The summed E-state index contributed by atoms with van der Waals surface area (Å²) < 4.78 is 23.7. The average Bonchev–Trinajstić information content (AvgIpc) is 2.69. The molecule has 27 heavy (non-hydrogen) atoms. The third-order valence-electron chi connectivity index (χ3n) is 3.96. The van der Waals surface area contributed by atoms with E-state index in [-0.39, 0.29) is 11.7 Å². The molecule has 0 spiro atoms. The first-order chi connectivity index (χ1) is 13.1. The molecule has 0 heterocycles. The summed E-state index contributed by atoms with van der Waals surface area (Å²) in [5.74, 6) is 1.58. The van der Waals surface area contributed by atoms with Crippen molar-refractivity contribution in [3.63, 3.8) is 0 Å². The maximum atomic E-state index is 12.9. The van der Waals surface area contributed by atoms with Gasteiger partial charge < -0.3 is 14.8 Å². The van der Waals surface area contributed by atoms with E-state index in [9.17, 15) is 9.18 Å². The molecule has 0 aliphatic carbocycles. The lowest BCUT2D eigenvalue weighted by Gasteiger charge is -2.09. The second kappa shape index (κ2) is 8.85. The van der Waals surface area contributed by atoms with E-state index in [1.807, 2.05) is 48.5 Å². The number of halogens is 1. The molecule has 3 aromatic carbocycles. The van der Waals surface area contributed by atoms with Crippen LogP contribution in [0.25, 0.3) is 0 Å². The molecule has 0 aliphatic rings. The molecule has 3 rings (SSSR count). The summed E-state index contributed by atoms with van der Waals surface area (Å²) >= 11 is 0. The van der Waals surface area contributed by atoms with E-state index < -0.39 is 0 Å². The molecule has 0 atom stereocenters. The fraction of sp³-hybridized carbons (Fsp3) is 0.136. The molecule has 0 radical (unpaired) electrons. The van der Waals surface area contributed by atoms with Gasteiger partial charge in [-0.2, -0.15) is 0 Å². The van der Waals surface area contributed by atoms with Crippen LogP contribution in [0.2, 0.25) is 0 Å². The standard InChI is InChI=1S/C22H20FNO3/c1-26-21-4-2-3-17(13-21)14-22(25)24-15-16-5-9-19(10-6-16)27-20-11-7-18(23)8-12-20/h2-13H,14-15H2,1H3,(H,24,25). The van der Waals surface area contributed by atoms with Crippen molar-refractivity contribution in [2.45, 2.75) is 13.0 Å². The number of hydrogen-bond acceptors (Lipinski definition) is 3. The summed E-state index contributed by atoms with van der Waals surface area (Å²) in [5.41, 5.74) is 1.86. The number of carbonyl (C=O) groups excluding carboxylic acids is 1. The van der Waals surface area contributed by atoms with Crippen molar-refractivity contribution in [1.82, 2.24) is 5.32 Å². The van der Waals surface area contributed by atoms with Crippen LogP contribution < -0.4 is 14.8 Å². The lowest BCUT2D eigenvalue weighted by Crippen LogP contribution is -2.24. The highest BCUT2D eigenvalue weighted by Gasteiger charge is 2.05. The van der Waals surface area contributed by atoms with Crippen molar-refractivity contribution in [2.75, 3.05) is 7.11 Å². The number of hydrogen-bond donors (Lipinski definition) is 1. The summed E-state index contributed by atoms with van der Waals surface area (Å²) in [6, 6.07) is 20.7. The van der Waals surface area contributed by atoms with E-state index in [4.69, 9.17) is 9.47 Å². The first-order valence-electron chi connectivity index (χ1n) is 8.54. The Labute approximate surface area is 157 Å². The molecule has 4 nitrogen and oxygen atoms in total. The fourth-order valence-electron chi connectivity index (χ4n) is 2.55. The molecule has 138 valence electrons. The minimum Gasteiger partial charge on any atom is -0.497 e.